The van der Waals surface area contributed by atoms with Gasteiger partial charge in [0.1, 0.15) is 0 Å². The highest BCUT2D eigenvalue weighted by Crippen LogP contribution is 2.37. The minimum atomic E-state index is -4.70. The van der Waals surface area contributed by atoms with Crippen molar-refractivity contribution >= 4 is 29.3 Å². The number of nitrogens with one attached hydrogen (secondary N) is 2. The van der Waals surface area contributed by atoms with Gasteiger partial charge in [-0.05, 0) is 36.2 Å². The summed E-state index contributed by atoms with van der Waals surface area (Å²) in [6.07, 6.45) is -4.86. The summed E-state index contributed by atoms with van der Waals surface area (Å²) in [4.78, 5) is 35.0. The van der Waals surface area contributed by atoms with Crippen LogP contribution in [-0.4, -0.2) is 65.2 Å². The molecular formula is C27H29F3N6O3. The van der Waals surface area contributed by atoms with Gasteiger partial charge in [0, 0.05) is 63.1 Å². The van der Waals surface area contributed by atoms with Crippen molar-refractivity contribution in [2.24, 2.45) is 0 Å². The molecule has 4 rings (SSSR count). The molecule has 1 aliphatic rings. The standard InChI is InChI=1S/C27H29F3N6O3/c1-31-23(37)16-19(15-18-5-3-2-4-6-18)24-22(27(28,29)30)17-32-25(34-24)33-20-7-9-21(10-8-20)35-11-13-36(14-12-35)26(38)39/h2-10,17,19H,11-16H2,1H3,(H,31,37)(H,38,39)(H,32,33,34). The number of nitrogens with zero attached hydrogens (tertiary/aromatic N) is 4. The third-order valence-corrected chi connectivity index (χ3v) is 6.58. The van der Waals surface area contributed by atoms with Crippen LogP contribution in [0, 0.1) is 0 Å². The normalized spacial score (nSPS) is 14.6. The first-order chi connectivity index (χ1) is 18.6. The van der Waals surface area contributed by atoms with Crippen molar-refractivity contribution in [2.45, 2.75) is 24.9 Å². The number of amides is 2. The highest BCUT2D eigenvalue weighted by molar-refractivity contribution is 5.76. The van der Waals surface area contributed by atoms with E-state index in [4.69, 9.17) is 5.11 Å². The highest BCUT2D eigenvalue weighted by atomic mass is 19.4. The molecule has 9 nitrogen and oxygen atoms in total. The van der Waals surface area contributed by atoms with Gasteiger partial charge in [0.25, 0.3) is 0 Å². The van der Waals surface area contributed by atoms with Gasteiger partial charge in [-0.2, -0.15) is 13.2 Å². The van der Waals surface area contributed by atoms with Crippen LogP contribution in [0.5, 0.6) is 0 Å². The maximum Gasteiger partial charge on any atom is 0.419 e. The van der Waals surface area contributed by atoms with Gasteiger partial charge < -0.3 is 25.5 Å². The second kappa shape index (κ2) is 12.0. The van der Waals surface area contributed by atoms with Gasteiger partial charge in [0.15, 0.2) is 0 Å². The highest BCUT2D eigenvalue weighted by Gasteiger charge is 2.37. The van der Waals surface area contributed by atoms with E-state index < -0.39 is 29.7 Å². The second-order valence-electron chi connectivity index (χ2n) is 9.18. The first-order valence-electron chi connectivity index (χ1n) is 12.4. The predicted octanol–water partition coefficient (Wildman–Crippen LogP) is 4.50. The first kappa shape index (κ1) is 27.7. The molecule has 0 spiro atoms. The van der Waals surface area contributed by atoms with Gasteiger partial charge in [0.2, 0.25) is 11.9 Å². The lowest BCUT2D eigenvalue weighted by atomic mass is 9.90. The van der Waals surface area contributed by atoms with Crippen molar-refractivity contribution < 1.29 is 27.9 Å². The van der Waals surface area contributed by atoms with Crippen molar-refractivity contribution in [3.05, 3.63) is 77.6 Å². The van der Waals surface area contributed by atoms with Crippen LogP contribution in [0.25, 0.3) is 0 Å². The molecule has 1 fully saturated rings. The molecule has 2 heterocycles. The average Bonchev–Trinajstić information content (AvgIpc) is 2.93. The maximum atomic E-state index is 14.0. The number of piperazine rings is 1. The molecule has 1 atom stereocenters. The number of hydrogen-bond donors (Lipinski definition) is 3. The molecule has 1 aromatic heterocycles. The van der Waals surface area contributed by atoms with Crippen molar-refractivity contribution in [1.29, 1.82) is 0 Å². The van der Waals surface area contributed by atoms with Crippen LogP contribution >= 0.6 is 0 Å². The zero-order valence-electron chi connectivity index (χ0n) is 21.3. The minimum absolute atomic E-state index is 0.0178. The van der Waals surface area contributed by atoms with E-state index in [1.165, 1.54) is 11.9 Å². The number of alkyl halides is 3. The van der Waals surface area contributed by atoms with Crippen LogP contribution in [-0.2, 0) is 17.4 Å². The van der Waals surface area contributed by atoms with Crippen molar-refractivity contribution in [1.82, 2.24) is 20.2 Å². The summed E-state index contributed by atoms with van der Waals surface area (Å²) >= 11 is 0. The third-order valence-electron chi connectivity index (χ3n) is 6.58. The van der Waals surface area contributed by atoms with E-state index in [9.17, 15) is 22.8 Å². The Morgan fingerprint density at radius 1 is 1.03 bits per heavy atom. The van der Waals surface area contributed by atoms with E-state index in [0.29, 0.717) is 31.9 Å². The Kier molecular flexibility index (Phi) is 8.52. The van der Waals surface area contributed by atoms with Crippen LogP contribution in [0.1, 0.15) is 29.2 Å². The van der Waals surface area contributed by atoms with Gasteiger partial charge in [-0.1, -0.05) is 30.3 Å². The van der Waals surface area contributed by atoms with Gasteiger partial charge in [0.05, 0.1) is 11.3 Å². The van der Waals surface area contributed by atoms with Gasteiger partial charge >= 0.3 is 12.3 Å². The zero-order chi connectivity index (χ0) is 28.0. The fraction of sp³-hybridized carbons (Fsp3) is 0.333. The molecule has 1 saturated heterocycles. The molecule has 39 heavy (non-hydrogen) atoms. The van der Waals surface area contributed by atoms with Crippen LogP contribution in [0.15, 0.2) is 60.8 Å². The number of hydrogen-bond acceptors (Lipinski definition) is 6. The quantitative estimate of drug-likeness (QED) is 0.384. The van der Waals surface area contributed by atoms with E-state index in [0.717, 1.165) is 17.4 Å². The van der Waals surface area contributed by atoms with E-state index in [2.05, 4.69) is 25.5 Å². The Labute approximate surface area is 223 Å². The molecule has 1 aliphatic heterocycles. The number of halogens is 3. The molecule has 0 radical (unpaired) electrons. The zero-order valence-corrected chi connectivity index (χ0v) is 21.3. The largest absolute Gasteiger partial charge is 0.465 e. The summed E-state index contributed by atoms with van der Waals surface area (Å²) in [5.74, 6) is -1.24. The van der Waals surface area contributed by atoms with Crippen LogP contribution in [0.4, 0.5) is 35.3 Å². The van der Waals surface area contributed by atoms with Gasteiger partial charge in [-0.25, -0.2) is 14.8 Å². The predicted molar refractivity (Wildman–Crippen MR) is 140 cm³/mol. The molecule has 0 bridgehead atoms. The van der Waals surface area contributed by atoms with E-state index in [1.807, 2.05) is 18.2 Å². The Bertz CT molecular complexity index is 1280. The molecule has 3 N–H and O–H groups in total. The maximum absolute atomic E-state index is 14.0. The molecule has 0 saturated carbocycles. The first-order valence-corrected chi connectivity index (χ1v) is 12.4. The number of carbonyl (C=O) groups is 2. The summed E-state index contributed by atoms with van der Waals surface area (Å²) in [7, 11) is 1.44. The second-order valence-corrected chi connectivity index (χ2v) is 9.18. The van der Waals surface area contributed by atoms with Gasteiger partial charge in [-0.3, -0.25) is 4.79 Å². The lowest BCUT2D eigenvalue weighted by Gasteiger charge is -2.34. The smallest absolute Gasteiger partial charge is 0.419 e. The average molecular weight is 543 g/mol. The Morgan fingerprint density at radius 2 is 1.69 bits per heavy atom. The number of benzene rings is 2. The molecular weight excluding hydrogens is 513 g/mol. The molecule has 3 aromatic rings. The monoisotopic (exact) mass is 542 g/mol. The summed E-state index contributed by atoms with van der Waals surface area (Å²) in [6, 6.07) is 16.2. The van der Waals surface area contributed by atoms with E-state index >= 15 is 0 Å². The SMILES string of the molecule is CNC(=O)CC(Cc1ccccc1)c1nc(Nc2ccc(N3CCN(C(=O)O)CC3)cc2)ncc1C(F)(F)F. The Balaban J connectivity index is 1.57. The number of carboxylic acid groups (broad SMARTS) is 1. The molecule has 2 aromatic carbocycles. The fourth-order valence-corrected chi connectivity index (χ4v) is 4.52. The topological polar surface area (TPSA) is 111 Å². The summed E-state index contributed by atoms with van der Waals surface area (Å²) < 4.78 is 41.9. The number of aromatic nitrogens is 2. The minimum Gasteiger partial charge on any atom is -0.465 e. The Morgan fingerprint density at radius 3 is 2.28 bits per heavy atom. The molecule has 12 heteroatoms. The van der Waals surface area contributed by atoms with Crippen LogP contribution in [0.3, 0.4) is 0 Å². The number of anilines is 3. The van der Waals surface area contributed by atoms with Gasteiger partial charge in [-0.15, -0.1) is 0 Å². The van der Waals surface area contributed by atoms with E-state index in [1.54, 1.807) is 36.4 Å². The van der Waals surface area contributed by atoms with Crippen molar-refractivity contribution in [3.8, 4) is 0 Å². The van der Waals surface area contributed by atoms with E-state index in [-0.39, 0.29) is 24.5 Å². The summed E-state index contributed by atoms with van der Waals surface area (Å²) in [5, 5.41) is 14.6. The molecule has 1 unspecified atom stereocenters. The molecule has 2 amide bonds. The summed E-state index contributed by atoms with van der Waals surface area (Å²) in [5.41, 5.74) is 1.02. The molecule has 206 valence electrons. The number of carbonyl (C=O) groups excluding carboxylic acids is 1. The third kappa shape index (κ3) is 7.15. The van der Waals surface area contributed by atoms with Crippen molar-refractivity contribution in [2.75, 3.05) is 43.4 Å². The lowest BCUT2D eigenvalue weighted by Crippen LogP contribution is -2.48. The molecule has 0 aliphatic carbocycles. The fourth-order valence-electron chi connectivity index (χ4n) is 4.52. The Hall–Kier alpha value is -4.35. The van der Waals surface area contributed by atoms with Crippen LogP contribution < -0.4 is 15.5 Å². The lowest BCUT2D eigenvalue weighted by molar-refractivity contribution is -0.139. The van der Waals surface area contributed by atoms with Crippen LogP contribution in [0.2, 0.25) is 0 Å². The van der Waals surface area contributed by atoms with Crippen molar-refractivity contribution in [3.63, 3.8) is 0 Å². The summed E-state index contributed by atoms with van der Waals surface area (Å²) in [6.45, 7) is 1.91. The number of rotatable bonds is 8.